The molecule has 0 nitrogen and oxygen atoms in total. The van der Waals surface area contributed by atoms with Crippen molar-refractivity contribution in [1.82, 2.24) is 0 Å². The van der Waals surface area contributed by atoms with Gasteiger partial charge < -0.3 is 0 Å². The number of fused-ring (bicyclic) bond motifs is 1. The molecule has 104 valence electrons. The molecule has 0 spiro atoms. The third kappa shape index (κ3) is 2.71. The zero-order valence-corrected chi connectivity index (χ0v) is 14.2. The molecule has 3 rings (SSSR count). The summed E-state index contributed by atoms with van der Waals surface area (Å²) in [6, 6.07) is 11.8. The second-order valence-electron chi connectivity index (χ2n) is 5.24. The van der Waals surface area contributed by atoms with Crippen LogP contribution in [-0.4, -0.2) is 0 Å². The van der Waals surface area contributed by atoms with Gasteiger partial charge in [0, 0.05) is 0 Å². The number of hydrogen-bond donors (Lipinski definition) is 0. The Balaban J connectivity index is 1.98. The minimum Gasteiger partial charge on any atom is -0.206 e. The van der Waals surface area contributed by atoms with E-state index in [-0.39, 0.29) is 10.6 Å². The molecule has 1 unspecified atom stereocenters. The fraction of sp³-hybridized carbons (Fsp3) is 0.294. The van der Waals surface area contributed by atoms with Crippen LogP contribution in [0.25, 0.3) is 0 Å². The van der Waals surface area contributed by atoms with E-state index in [0.717, 1.165) is 12.0 Å². The number of benzene rings is 2. The first-order chi connectivity index (χ1) is 9.66. The molecule has 0 saturated carbocycles. The highest BCUT2D eigenvalue weighted by Crippen LogP contribution is 2.37. The molecule has 1 aliphatic rings. The minimum atomic E-state index is -0.218. The first kappa shape index (κ1) is 14.3. The molecule has 0 bridgehead atoms. The number of rotatable bonds is 2. The lowest BCUT2D eigenvalue weighted by molar-refractivity contribution is 0.618. The lowest BCUT2D eigenvalue weighted by atomic mass is 9.89. The highest BCUT2D eigenvalue weighted by Gasteiger charge is 2.18. The number of hydrogen-bond acceptors (Lipinski definition) is 0. The van der Waals surface area contributed by atoms with Crippen LogP contribution in [0, 0.1) is 5.82 Å². The van der Waals surface area contributed by atoms with Gasteiger partial charge in [-0.2, -0.15) is 0 Å². The molecule has 20 heavy (non-hydrogen) atoms. The van der Waals surface area contributed by atoms with Crippen molar-refractivity contribution in [1.29, 1.82) is 0 Å². The molecule has 0 aromatic heterocycles. The van der Waals surface area contributed by atoms with Gasteiger partial charge >= 0.3 is 0 Å². The normalized spacial score (nSPS) is 15.8. The van der Waals surface area contributed by atoms with Crippen molar-refractivity contribution >= 4 is 31.9 Å². The highest BCUT2D eigenvalue weighted by molar-refractivity contribution is 9.11. The van der Waals surface area contributed by atoms with Gasteiger partial charge in [0.15, 0.2) is 0 Å². The summed E-state index contributed by atoms with van der Waals surface area (Å²) in [5, 5.41) is 0. The summed E-state index contributed by atoms with van der Waals surface area (Å²) in [6.45, 7) is 0. The maximum atomic E-state index is 13.7. The summed E-state index contributed by atoms with van der Waals surface area (Å²) in [7, 11) is 0. The van der Waals surface area contributed by atoms with Crippen molar-refractivity contribution in [2.75, 3.05) is 0 Å². The van der Waals surface area contributed by atoms with Crippen LogP contribution in [0.5, 0.6) is 0 Å². The summed E-state index contributed by atoms with van der Waals surface area (Å²) in [6.07, 6.45) is 4.91. The van der Waals surface area contributed by atoms with Gasteiger partial charge in [0.25, 0.3) is 0 Å². The van der Waals surface area contributed by atoms with Gasteiger partial charge in [-0.25, -0.2) is 4.39 Å². The van der Waals surface area contributed by atoms with Crippen molar-refractivity contribution in [3.05, 3.63) is 68.9 Å². The zero-order chi connectivity index (χ0) is 14.1. The van der Waals surface area contributed by atoms with Gasteiger partial charge in [0.05, 0.1) is 9.30 Å². The van der Waals surface area contributed by atoms with E-state index in [0.29, 0.717) is 4.47 Å². The van der Waals surface area contributed by atoms with E-state index in [1.807, 2.05) is 6.07 Å². The van der Waals surface area contributed by atoms with Crippen LogP contribution in [0.3, 0.4) is 0 Å². The van der Waals surface area contributed by atoms with E-state index in [1.165, 1.54) is 42.0 Å². The third-order valence-electron chi connectivity index (χ3n) is 3.92. The maximum absolute atomic E-state index is 13.7. The highest BCUT2D eigenvalue weighted by atomic mass is 79.9. The summed E-state index contributed by atoms with van der Waals surface area (Å²) < 4.78 is 14.2. The fourth-order valence-corrected chi connectivity index (χ4v) is 4.27. The summed E-state index contributed by atoms with van der Waals surface area (Å²) in [5.74, 6) is -0.218. The van der Waals surface area contributed by atoms with E-state index in [9.17, 15) is 4.39 Å². The minimum absolute atomic E-state index is 0.0137. The average molecular weight is 398 g/mol. The average Bonchev–Trinajstić information content (AvgIpc) is 2.49. The van der Waals surface area contributed by atoms with Crippen LogP contribution < -0.4 is 0 Å². The van der Waals surface area contributed by atoms with Crippen molar-refractivity contribution < 1.29 is 4.39 Å². The Morgan fingerprint density at radius 2 is 1.75 bits per heavy atom. The van der Waals surface area contributed by atoms with Crippen molar-refractivity contribution in [3.63, 3.8) is 0 Å². The molecule has 1 atom stereocenters. The monoisotopic (exact) mass is 396 g/mol. The van der Waals surface area contributed by atoms with E-state index in [4.69, 9.17) is 0 Å². The molecule has 0 N–H and O–H groups in total. The fourth-order valence-electron chi connectivity index (χ4n) is 2.81. The molecule has 2 aromatic rings. The van der Waals surface area contributed by atoms with E-state index in [1.54, 1.807) is 6.07 Å². The lowest BCUT2D eigenvalue weighted by Gasteiger charge is -2.19. The van der Waals surface area contributed by atoms with Crippen LogP contribution in [0.15, 0.2) is 40.9 Å². The molecule has 0 fully saturated rings. The van der Waals surface area contributed by atoms with Crippen LogP contribution in [0.2, 0.25) is 0 Å². The lowest BCUT2D eigenvalue weighted by Crippen LogP contribution is -2.04. The number of halogens is 3. The number of aryl methyl sites for hydroxylation is 2. The smallest absolute Gasteiger partial charge is 0.137 e. The summed E-state index contributed by atoms with van der Waals surface area (Å²) in [4.78, 5) is 0.0137. The first-order valence-electron chi connectivity index (χ1n) is 6.86. The van der Waals surface area contributed by atoms with E-state index >= 15 is 0 Å². The van der Waals surface area contributed by atoms with Crippen LogP contribution in [0.4, 0.5) is 4.39 Å². The van der Waals surface area contributed by atoms with E-state index in [2.05, 4.69) is 50.1 Å². The zero-order valence-electron chi connectivity index (χ0n) is 11.0. The van der Waals surface area contributed by atoms with Crippen LogP contribution >= 0.6 is 31.9 Å². The topological polar surface area (TPSA) is 0 Å². The molecular weight excluding hydrogens is 383 g/mol. The Bertz CT molecular complexity index is 637. The summed E-state index contributed by atoms with van der Waals surface area (Å²) in [5.41, 5.74) is 5.04. The Kier molecular flexibility index (Phi) is 4.27. The summed E-state index contributed by atoms with van der Waals surface area (Å²) >= 11 is 7.06. The standard InChI is InChI=1S/C17H15Br2F/c18-16(14-6-3-7-15(20)17(14)19)13-9-8-11-4-1-2-5-12(11)10-13/h3,6-10,16H,1-2,4-5H2. The molecule has 2 aromatic carbocycles. The van der Waals surface area contributed by atoms with Crippen molar-refractivity contribution in [2.45, 2.75) is 30.5 Å². The van der Waals surface area contributed by atoms with Crippen LogP contribution in [-0.2, 0) is 12.8 Å². The molecule has 0 heterocycles. The maximum Gasteiger partial charge on any atom is 0.137 e. The van der Waals surface area contributed by atoms with Gasteiger partial charge in [-0.05, 0) is 69.9 Å². The van der Waals surface area contributed by atoms with E-state index < -0.39 is 0 Å². The Labute approximate surface area is 135 Å². The second kappa shape index (κ2) is 5.98. The van der Waals surface area contributed by atoms with Gasteiger partial charge in [0.1, 0.15) is 5.82 Å². The Hall–Kier alpha value is -0.670. The van der Waals surface area contributed by atoms with Gasteiger partial charge in [-0.15, -0.1) is 0 Å². The van der Waals surface area contributed by atoms with Crippen molar-refractivity contribution in [3.8, 4) is 0 Å². The quantitative estimate of drug-likeness (QED) is 0.549. The Morgan fingerprint density at radius 3 is 2.55 bits per heavy atom. The SMILES string of the molecule is Fc1cccc(C(Br)c2ccc3c(c2)CCCC3)c1Br. The van der Waals surface area contributed by atoms with Crippen molar-refractivity contribution in [2.24, 2.45) is 0 Å². The third-order valence-corrected chi connectivity index (χ3v) is 5.78. The van der Waals surface area contributed by atoms with Gasteiger partial charge in [-0.1, -0.05) is 46.3 Å². The van der Waals surface area contributed by atoms with Crippen LogP contribution in [0.1, 0.15) is 39.9 Å². The molecule has 0 radical (unpaired) electrons. The molecule has 3 heteroatoms. The first-order valence-corrected chi connectivity index (χ1v) is 8.57. The molecule has 1 aliphatic carbocycles. The second-order valence-corrected chi connectivity index (χ2v) is 6.95. The predicted molar refractivity (Wildman–Crippen MR) is 88.0 cm³/mol. The predicted octanol–water partition coefficient (Wildman–Crippen LogP) is 5.95. The molecular formula is C17H15Br2F. The molecule has 0 aliphatic heterocycles. The molecule has 0 saturated heterocycles. The largest absolute Gasteiger partial charge is 0.206 e. The number of alkyl halides is 1. The van der Waals surface area contributed by atoms with Gasteiger partial charge in [0.2, 0.25) is 0 Å². The molecule has 0 amide bonds. The Morgan fingerprint density at radius 1 is 1.00 bits per heavy atom. The van der Waals surface area contributed by atoms with Gasteiger partial charge in [-0.3, -0.25) is 0 Å².